The zero-order valence-corrected chi connectivity index (χ0v) is 8.85. The fourth-order valence-electron chi connectivity index (χ4n) is 1.72. The van der Waals surface area contributed by atoms with Gasteiger partial charge in [0.05, 0.1) is 0 Å². The summed E-state index contributed by atoms with van der Waals surface area (Å²) in [5.74, 6) is 0.0129. The van der Waals surface area contributed by atoms with Crippen molar-refractivity contribution in [1.82, 2.24) is 10.2 Å². The summed E-state index contributed by atoms with van der Waals surface area (Å²) < 4.78 is 0. The van der Waals surface area contributed by atoms with Gasteiger partial charge in [0, 0.05) is 31.7 Å². The minimum atomic E-state index is 0.0129. The number of amides is 1. The minimum absolute atomic E-state index is 0.0129. The maximum atomic E-state index is 12.0. The predicted octanol–water partition coefficient (Wildman–Crippen LogP) is 1.13. The molecule has 1 fully saturated rings. The van der Waals surface area contributed by atoms with E-state index < -0.39 is 0 Å². The molecule has 0 radical (unpaired) electrons. The molecule has 0 saturated carbocycles. The highest BCUT2D eigenvalue weighted by Crippen LogP contribution is 2.14. The van der Waals surface area contributed by atoms with Gasteiger partial charge in [-0.05, 0) is 29.4 Å². The monoisotopic (exact) mass is 219 g/mol. The fourth-order valence-corrected chi connectivity index (χ4v) is 1.72. The third-order valence-electron chi connectivity index (χ3n) is 2.62. The van der Waals surface area contributed by atoms with Crippen LogP contribution in [0.3, 0.4) is 0 Å². The average molecular weight is 219 g/mol. The lowest BCUT2D eigenvalue weighted by Gasteiger charge is -2.27. The Morgan fingerprint density at radius 1 is 1.19 bits per heavy atom. The molecule has 0 spiro atoms. The standard InChI is InChI=1S/C11H13N3O2/c15-11(14-7-5-12-6-8-14)9-1-3-10(13-16)4-2-9/h1-4,12H,5-8H2. The summed E-state index contributed by atoms with van der Waals surface area (Å²) >= 11 is 0. The van der Waals surface area contributed by atoms with Gasteiger partial charge in [0.1, 0.15) is 5.69 Å². The van der Waals surface area contributed by atoms with Crippen LogP contribution >= 0.6 is 0 Å². The Kier molecular flexibility index (Phi) is 3.26. The first-order valence-electron chi connectivity index (χ1n) is 5.24. The number of hydrogen-bond donors (Lipinski definition) is 1. The van der Waals surface area contributed by atoms with E-state index in [0.717, 1.165) is 26.2 Å². The Hall–Kier alpha value is -1.75. The second-order valence-electron chi connectivity index (χ2n) is 3.68. The SMILES string of the molecule is O=Nc1ccc(C(=O)N2CCNCC2)cc1. The molecule has 0 bridgehead atoms. The van der Waals surface area contributed by atoms with Gasteiger partial charge in [0.2, 0.25) is 0 Å². The van der Waals surface area contributed by atoms with Crippen molar-refractivity contribution >= 4 is 11.6 Å². The summed E-state index contributed by atoms with van der Waals surface area (Å²) in [4.78, 5) is 24.0. The lowest BCUT2D eigenvalue weighted by atomic mass is 10.1. The molecule has 1 aliphatic heterocycles. The van der Waals surface area contributed by atoms with E-state index in [1.807, 2.05) is 0 Å². The molecule has 1 aliphatic rings. The molecule has 84 valence electrons. The molecule has 0 aliphatic carbocycles. The van der Waals surface area contributed by atoms with Crippen LogP contribution in [-0.2, 0) is 0 Å². The minimum Gasteiger partial charge on any atom is -0.336 e. The Morgan fingerprint density at radius 3 is 2.38 bits per heavy atom. The highest BCUT2D eigenvalue weighted by atomic mass is 16.3. The topological polar surface area (TPSA) is 61.8 Å². The number of hydrogen-bond acceptors (Lipinski definition) is 4. The summed E-state index contributed by atoms with van der Waals surface area (Å²) in [6.07, 6.45) is 0. The Bertz CT molecular complexity index is 383. The quantitative estimate of drug-likeness (QED) is 0.758. The average Bonchev–Trinajstić information content (AvgIpc) is 2.39. The molecule has 5 heteroatoms. The van der Waals surface area contributed by atoms with E-state index in [4.69, 9.17) is 0 Å². The van der Waals surface area contributed by atoms with Gasteiger partial charge in [-0.1, -0.05) is 0 Å². The lowest BCUT2D eigenvalue weighted by Crippen LogP contribution is -2.46. The van der Waals surface area contributed by atoms with Crippen molar-refractivity contribution in [2.45, 2.75) is 0 Å². The van der Waals surface area contributed by atoms with Crippen molar-refractivity contribution in [3.05, 3.63) is 34.7 Å². The number of nitrogens with zero attached hydrogens (tertiary/aromatic N) is 2. The lowest BCUT2D eigenvalue weighted by molar-refractivity contribution is 0.0736. The Morgan fingerprint density at radius 2 is 1.81 bits per heavy atom. The highest BCUT2D eigenvalue weighted by molar-refractivity contribution is 5.94. The molecule has 1 aromatic rings. The van der Waals surface area contributed by atoms with Crippen LogP contribution in [0.15, 0.2) is 29.4 Å². The van der Waals surface area contributed by atoms with Crippen LogP contribution in [0.5, 0.6) is 0 Å². The number of nitrogens with one attached hydrogen (secondary N) is 1. The highest BCUT2D eigenvalue weighted by Gasteiger charge is 2.17. The van der Waals surface area contributed by atoms with Crippen LogP contribution < -0.4 is 5.32 Å². The van der Waals surface area contributed by atoms with Crippen LogP contribution in [0.2, 0.25) is 0 Å². The van der Waals surface area contributed by atoms with Crippen LogP contribution in [0.1, 0.15) is 10.4 Å². The second-order valence-corrected chi connectivity index (χ2v) is 3.68. The number of rotatable bonds is 2. The Balaban J connectivity index is 2.10. The molecule has 1 N–H and O–H groups in total. The molecule has 16 heavy (non-hydrogen) atoms. The van der Waals surface area contributed by atoms with E-state index in [2.05, 4.69) is 10.5 Å². The third-order valence-corrected chi connectivity index (χ3v) is 2.62. The van der Waals surface area contributed by atoms with Crippen LogP contribution in [0.25, 0.3) is 0 Å². The molecule has 1 amide bonds. The van der Waals surface area contributed by atoms with Gasteiger partial charge >= 0.3 is 0 Å². The smallest absolute Gasteiger partial charge is 0.253 e. The largest absolute Gasteiger partial charge is 0.336 e. The maximum absolute atomic E-state index is 12.0. The first-order chi connectivity index (χ1) is 7.81. The van der Waals surface area contributed by atoms with Crippen molar-refractivity contribution in [1.29, 1.82) is 0 Å². The Labute approximate surface area is 93.4 Å². The summed E-state index contributed by atoms with van der Waals surface area (Å²) in [7, 11) is 0. The molecule has 2 rings (SSSR count). The van der Waals surface area contributed by atoms with E-state index in [-0.39, 0.29) is 5.91 Å². The molecular weight excluding hydrogens is 206 g/mol. The summed E-state index contributed by atoms with van der Waals surface area (Å²) in [5.41, 5.74) is 0.950. The molecule has 0 unspecified atom stereocenters. The summed E-state index contributed by atoms with van der Waals surface area (Å²) in [6, 6.07) is 6.40. The molecule has 1 saturated heterocycles. The first-order valence-corrected chi connectivity index (χ1v) is 5.24. The predicted molar refractivity (Wildman–Crippen MR) is 60.7 cm³/mol. The maximum Gasteiger partial charge on any atom is 0.253 e. The molecule has 0 aromatic heterocycles. The van der Waals surface area contributed by atoms with Crippen molar-refractivity contribution in [3.8, 4) is 0 Å². The zero-order chi connectivity index (χ0) is 11.4. The first kappa shape index (κ1) is 10.8. The normalized spacial score (nSPS) is 15.9. The van der Waals surface area contributed by atoms with Crippen LogP contribution in [-0.4, -0.2) is 37.0 Å². The van der Waals surface area contributed by atoms with E-state index in [1.54, 1.807) is 29.2 Å². The van der Waals surface area contributed by atoms with Crippen LogP contribution in [0, 0.1) is 4.91 Å². The van der Waals surface area contributed by atoms with Gasteiger partial charge in [-0.3, -0.25) is 4.79 Å². The van der Waals surface area contributed by atoms with Gasteiger partial charge in [-0.25, -0.2) is 0 Å². The number of carbonyl (C=O) groups is 1. The van der Waals surface area contributed by atoms with E-state index >= 15 is 0 Å². The van der Waals surface area contributed by atoms with Crippen LogP contribution in [0.4, 0.5) is 5.69 Å². The molecule has 1 heterocycles. The van der Waals surface area contributed by atoms with Gasteiger partial charge in [0.15, 0.2) is 0 Å². The zero-order valence-electron chi connectivity index (χ0n) is 8.85. The van der Waals surface area contributed by atoms with Gasteiger partial charge < -0.3 is 10.2 Å². The summed E-state index contributed by atoms with van der Waals surface area (Å²) in [5, 5.41) is 5.99. The van der Waals surface area contributed by atoms with Gasteiger partial charge in [-0.15, -0.1) is 4.91 Å². The number of carbonyl (C=O) groups excluding carboxylic acids is 1. The van der Waals surface area contributed by atoms with Gasteiger partial charge in [0.25, 0.3) is 5.91 Å². The third kappa shape index (κ3) is 2.25. The molecule has 5 nitrogen and oxygen atoms in total. The molecule has 1 aromatic carbocycles. The fraction of sp³-hybridized carbons (Fsp3) is 0.364. The number of nitroso groups, excluding NO2 is 1. The van der Waals surface area contributed by atoms with E-state index in [0.29, 0.717) is 11.3 Å². The van der Waals surface area contributed by atoms with Crippen molar-refractivity contribution < 1.29 is 4.79 Å². The summed E-state index contributed by atoms with van der Waals surface area (Å²) in [6.45, 7) is 3.12. The van der Waals surface area contributed by atoms with Gasteiger partial charge in [-0.2, -0.15) is 0 Å². The van der Waals surface area contributed by atoms with E-state index in [1.165, 1.54) is 0 Å². The van der Waals surface area contributed by atoms with Crippen molar-refractivity contribution in [2.24, 2.45) is 5.18 Å². The second kappa shape index (κ2) is 4.85. The number of piperazine rings is 1. The van der Waals surface area contributed by atoms with Crippen molar-refractivity contribution in [2.75, 3.05) is 26.2 Å². The van der Waals surface area contributed by atoms with E-state index in [9.17, 15) is 9.70 Å². The molecule has 0 atom stereocenters. The van der Waals surface area contributed by atoms with Crippen molar-refractivity contribution in [3.63, 3.8) is 0 Å². The number of benzene rings is 1. The molecular formula is C11H13N3O2.